The van der Waals surface area contributed by atoms with Gasteiger partial charge < -0.3 is 4.90 Å². The van der Waals surface area contributed by atoms with Crippen LogP contribution in [0.2, 0.25) is 0 Å². The van der Waals surface area contributed by atoms with E-state index < -0.39 is 0 Å². The maximum atomic E-state index is 5.35. The summed E-state index contributed by atoms with van der Waals surface area (Å²) in [7, 11) is 2.18. The lowest BCUT2D eigenvalue weighted by Crippen LogP contribution is -2.31. The van der Waals surface area contributed by atoms with E-state index in [9.17, 15) is 0 Å². The predicted octanol–water partition coefficient (Wildman–Crippen LogP) is 5.60. The topological polar surface area (TPSA) is 28.0 Å². The Bertz CT molecular complexity index is 602. The van der Waals surface area contributed by atoms with Crippen LogP contribution in [0.4, 0.5) is 11.4 Å². The lowest BCUT2D eigenvalue weighted by atomic mass is 10.0. The highest BCUT2D eigenvalue weighted by molar-refractivity contribution is 6.02. The maximum absolute atomic E-state index is 5.35. The van der Waals surface area contributed by atoms with Gasteiger partial charge in [-0.15, -0.1) is 0 Å². The van der Waals surface area contributed by atoms with Gasteiger partial charge in [-0.2, -0.15) is 0 Å². The monoisotopic (exact) mass is 325 g/mol. The fraction of sp³-hybridized carbons (Fsp3) is 0.524. The second-order valence-corrected chi connectivity index (χ2v) is 5.97. The van der Waals surface area contributed by atoms with Crippen LogP contribution in [-0.2, 0) is 0 Å². The summed E-state index contributed by atoms with van der Waals surface area (Å²) in [5, 5.41) is 0. The van der Waals surface area contributed by atoms with Crippen molar-refractivity contribution in [1.29, 1.82) is 0 Å². The zero-order chi connectivity index (χ0) is 17.9. The van der Waals surface area contributed by atoms with E-state index in [0.29, 0.717) is 6.04 Å². The van der Waals surface area contributed by atoms with Crippen LogP contribution in [0.25, 0.3) is 0 Å². The largest absolute Gasteiger partial charge is 0.370 e. The minimum Gasteiger partial charge on any atom is -0.370 e. The molecule has 3 heteroatoms. The first-order valence-electron chi connectivity index (χ1n) is 9.00. The highest BCUT2D eigenvalue weighted by atomic mass is 15.1. The van der Waals surface area contributed by atoms with Gasteiger partial charge in [-0.1, -0.05) is 46.1 Å². The van der Waals surface area contributed by atoms with Gasteiger partial charge in [0.1, 0.15) is 0 Å². The lowest BCUT2D eigenvalue weighted by molar-refractivity contribution is 0.528. The molecule has 0 aliphatic heterocycles. The quantitative estimate of drug-likeness (QED) is 0.429. The van der Waals surface area contributed by atoms with E-state index in [0.717, 1.165) is 23.4 Å². The van der Waals surface area contributed by atoms with Crippen LogP contribution in [0.5, 0.6) is 0 Å². The molecule has 0 N–H and O–H groups in total. The van der Waals surface area contributed by atoms with E-state index in [4.69, 9.17) is 6.42 Å². The molecule has 130 valence electrons. The third kappa shape index (κ3) is 5.23. The minimum absolute atomic E-state index is 0.543. The standard InChI is InChI=1S/C21H31N3/c1-7-12-18(13-8-2)24(6)21-15-14-17(16-20(21)23-11-5)19(9-3)22-10-4/h4,11,14-16,18H,7-9,12-13H2,1-3,5-6H3. The summed E-state index contributed by atoms with van der Waals surface area (Å²) in [5.41, 5.74) is 4.13. The highest BCUT2D eigenvalue weighted by Gasteiger charge is 2.17. The third-order valence-electron chi connectivity index (χ3n) is 4.28. The Morgan fingerprint density at radius 2 is 1.92 bits per heavy atom. The Balaban J connectivity index is 3.28. The average molecular weight is 326 g/mol. The zero-order valence-electron chi connectivity index (χ0n) is 15.8. The molecule has 24 heavy (non-hydrogen) atoms. The number of hydrogen-bond donors (Lipinski definition) is 0. The first-order valence-corrected chi connectivity index (χ1v) is 9.00. The number of rotatable bonds is 9. The molecule has 0 aliphatic rings. The summed E-state index contributed by atoms with van der Waals surface area (Å²) < 4.78 is 0. The van der Waals surface area contributed by atoms with Crippen molar-refractivity contribution in [3.05, 3.63) is 23.8 Å². The van der Waals surface area contributed by atoms with Crippen molar-refractivity contribution in [3.63, 3.8) is 0 Å². The van der Waals surface area contributed by atoms with Crippen LogP contribution in [-0.4, -0.2) is 25.0 Å². The molecule has 0 atom stereocenters. The fourth-order valence-corrected chi connectivity index (χ4v) is 3.06. The molecule has 0 heterocycles. The minimum atomic E-state index is 0.543. The first kappa shape index (κ1) is 20.0. The second-order valence-electron chi connectivity index (χ2n) is 5.97. The van der Waals surface area contributed by atoms with Gasteiger partial charge in [0.15, 0.2) is 0 Å². The molecule has 0 radical (unpaired) electrons. The molecule has 0 fully saturated rings. The van der Waals surface area contributed by atoms with E-state index in [1.165, 1.54) is 31.4 Å². The van der Waals surface area contributed by atoms with Gasteiger partial charge in [0, 0.05) is 25.3 Å². The van der Waals surface area contributed by atoms with Crippen LogP contribution in [0.1, 0.15) is 65.4 Å². The number of terminal acetylenes is 1. The molecule has 0 bridgehead atoms. The SMILES string of the molecule is C#CN=C(CC)c1ccc(N(C)C(CCC)CCC)c(N=CC)c1. The van der Waals surface area contributed by atoms with Crippen LogP contribution >= 0.6 is 0 Å². The van der Waals surface area contributed by atoms with Gasteiger partial charge in [-0.25, -0.2) is 4.99 Å². The highest BCUT2D eigenvalue weighted by Crippen LogP contribution is 2.32. The number of hydrogen-bond acceptors (Lipinski definition) is 3. The van der Waals surface area contributed by atoms with Crippen molar-refractivity contribution in [2.24, 2.45) is 9.98 Å². The number of nitrogens with zero attached hydrogens (tertiary/aromatic N) is 3. The van der Waals surface area contributed by atoms with Crippen molar-refractivity contribution >= 4 is 23.3 Å². The van der Waals surface area contributed by atoms with Gasteiger partial charge in [0.05, 0.1) is 17.1 Å². The summed E-state index contributed by atoms with van der Waals surface area (Å²) in [6, 6.07) is 9.29. The third-order valence-corrected chi connectivity index (χ3v) is 4.28. The van der Waals surface area contributed by atoms with Crippen molar-refractivity contribution in [3.8, 4) is 12.5 Å². The summed E-state index contributed by atoms with van der Waals surface area (Å²) >= 11 is 0. The summed E-state index contributed by atoms with van der Waals surface area (Å²) in [4.78, 5) is 11.1. The van der Waals surface area contributed by atoms with E-state index in [-0.39, 0.29) is 0 Å². The molecular formula is C21H31N3. The van der Waals surface area contributed by atoms with E-state index in [1.54, 1.807) is 0 Å². The molecule has 0 aliphatic carbocycles. The van der Waals surface area contributed by atoms with Gasteiger partial charge in [-0.3, -0.25) is 4.99 Å². The molecule has 0 spiro atoms. The molecule has 0 saturated heterocycles. The summed E-state index contributed by atoms with van der Waals surface area (Å²) in [5.74, 6) is 0. The second kappa shape index (κ2) is 10.6. The zero-order valence-corrected chi connectivity index (χ0v) is 15.8. The van der Waals surface area contributed by atoms with Crippen LogP contribution < -0.4 is 4.90 Å². The molecule has 1 aromatic rings. The van der Waals surface area contributed by atoms with E-state index in [1.807, 2.05) is 13.1 Å². The lowest BCUT2D eigenvalue weighted by Gasteiger charge is -2.31. The molecule has 0 amide bonds. The summed E-state index contributed by atoms with van der Waals surface area (Å²) in [6.07, 6.45) is 12.8. The van der Waals surface area contributed by atoms with Crippen molar-refractivity contribution in [1.82, 2.24) is 0 Å². The van der Waals surface area contributed by atoms with Crippen LogP contribution in [0.3, 0.4) is 0 Å². The average Bonchev–Trinajstić information content (AvgIpc) is 2.59. The number of benzene rings is 1. The van der Waals surface area contributed by atoms with Gasteiger partial charge in [0.25, 0.3) is 0 Å². The van der Waals surface area contributed by atoms with Gasteiger partial charge in [0.2, 0.25) is 0 Å². The Morgan fingerprint density at radius 1 is 1.25 bits per heavy atom. The van der Waals surface area contributed by atoms with Crippen molar-refractivity contribution in [2.45, 2.75) is 65.8 Å². The Labute approximate surface area is 147 Å². The van der Waals surface area contributed by atoms with Crippen molar-refractivity contribution < 1.29 is 0 Å². The van der Waals surface area contributed by atoms with Crippen LogP contribution in [0, 0.1) is 12.5 Å². The van der Waals surface area contributed by atoms with Gasteiger partial charge >= 0.3 is 0 Å². The molecule has 0 aromatic heterocycles. The fourth-order valence-electron chi connectivity index (χ4n) is 3.06. The molecule has 3 nitrogen and oxygen atoms in total. The Hall–Kier alpha value is -2.08. The maximum Gasteiger partial charge on any atom is 0.0865 e. The molecule has 0 unspecified atom stereocenters. The van der Waals surface area contributed by atoms with Crippen LogP contribution in [0.15, 0.2) is 28.2 Å². The number of anilines is 1. The smallest absolute Gasteiger partial charge is 0.0865 e. The number of aliphatic imine (C=N–C) groups is 2. The Kier molecular flexibility index (Phi) is 8.86. The molecule has 1 aromatic carbocycles. The molecular weight excluding hydrogens is 294 g/mol. The summed E-state index contributed by atoms with van der Waals surface area (Å²) in [6.45, 7) is 8.50. The normalized spacial score (nSPS) is 12.0. The van der Waals surface area contributed by atoms with Gasteiger partial charge in [-0.05, 0) is 43.9 Å². The Morgan fingerprint density at radius 3 is 2.42 bits per heavy atom. The predicted molar refractivity (Wildman–Crippen MR) is 108 cm³/mol. The van der Waals surface area contributed by atoms with E-state index >= 15 is 0 Å². The van der Waals surface area contributed by atoms with E-state index in [2.05, 4.69) is 66.9 Å². The molecule has 1 rings (SSSR count). The first-order chi connectivity index (χ1) is 11.6. The molecule has 0 saturated carbocycles. The van der Waals surface area contributed by atoms with Crippen molar-refractivity contribution in [2.75, 3.05) is 11.9 Å².